The van der Waals surface area contributed by atoms with E-state index in [1.54, 1.807) is 0 Å². The summed E-state index contributed by atoms with van der Waals surface area (Å²) in [6.45, 7) is 2.27. The summed E-state index contributed by atoms with van der Waals surface area (Å²) in [5.74, 6) is 1.52. The van der Waals surface area contributed by atoms with Crippen LogP contribution in [0.4, 0.5) is 17.6 Å². The van der Waals surface area contributed by atoms with Crippen molar-refractivity contribution in [2.24, 2.45) is 11.8 Å². The predicted octanol–water partition coefficient (Wildman–Crippen LogP) is 9.32. The van der Waals surface area contributed by atoms with Gasteiger partial charge in [-0.3, -0.25) is 0 Å². The lowest BCUT2D eigenvalue weighted by atomic mass is 9.78. The maximum Gasteiger partial charge on any atom is 0.416 e. The van der Waals surface area contributed by atoms with Crippen molar-refractivity contribution in [3.05, 3.63) is 82.7 Å². The Hall–Kier alpha value is -2.36. The van der Waals surface area contributed by atoms with Crippen LogP contribution in [0, 0.1) is 17.7 Å². The van der Waals surface area contributed by atoms with Gasteiger partial charge in [-0.2, -0.15) is 13.2 Å². The molecule has 4 rings (SSSR count). The fraction of sp³-hybridized carbons (Fsp3) is 0.467. The van der Waals surface area contributed by atoms with E-state index in [0.717, 1.165) is 41.3 Å². The molecule has 0 aliphatic heterocycles. The molecule has 3 aromatic carbocycles. The topological polar surface area (TPSA) is 0 Å². The van der Waals surface area contributed by atoms with E-state index in [4.69, 9.17) is 0 Å². The fourth-order valence-electron chi connectivity index (χ4n) is 5.46. The van der Waals surface area contributed by atoms with Gasteiger partial charge in [0.2, 0.25) is 0 Å². The molecule has 0 saturated heterocycles. The summed E-state index contributed by atoms with van der Waals surface area (Å²) in [5.41, 5.74) is 1.98. The highest BCUT2D eigenvalue weighted by Gasteiger charge is 2.29. The molecule has 0 amide bonds. The molecule has 34 heavy (non-hydrogen) atoms. The molecule has 0 unspecified atom stereocenters. The summed E-state index contributed by atoms with van der Waals surface area (Å²) >= 11 is 0. The first-order chi connectivity index (χ1) is 16.3. The first kappa shape index (κ1) is 24.8. The maximum absolute atomic E-state index is 15.2. The molecule has 0 bridgehead atoms. The van der Waals surface area contributed by atoms with E-state index in [9.17, 15) is 13.2 Å². The molecule has 1 aliphatic rings. The zero-order chi connectivity index (χ0) is 24.1. The van der Waals surface area contributed by atoms with Crippen molar-refractivity contribution >= 4 is 10.8 Å². The van der Waals surface area contributed by atoms with Crippen LogP contribution >= 0.6 is 0 Å². The Labute approximate surface area is 200 Å². The van der Waals surface area contributed by atoms with Crippen LogP contribution in [0.2, 0.25) is 0 Å². The molecular weight excluding hydrogens is 436 g/mol. The van der Waals surface area contributed by atoms with E-state index in [0.29, 0.717) is 23.8 Å². The molecule has 182 valence electrons. The van der Waals surface area contributed by atoms with E-state index in [-0.39, 0.29) is 5.82 Å². The molecule has 0 radical (unpaired) electrons. The summed E-state index contributed by atoms with van der Waals surface area (Å²) in [5, 5.41) is 1.54. The minimum Gasteiger partial charge on any atom is -0.206 e. The van der Waals surface area contributed by atoms with Crippen molar-refractivity contribution in [1.29, 1.82) is 0 Å². The van der Waals surface area contributed by atoms with Gasteiger partial charge < -0.3 is 0 Å². The minimum atomic E-state index is -4.34. The van der Waals surface area contributed by atoms with Crippen LogP contribution in [0.15, 0.2) is 54.6 Å². The van der Waals surface area contributed by atoms with Gasteiger partial charge in [0.05, 0.1) is 5.56 Å². The van der Waals surface area contributed by atoms with Crippen LogP contribution in [-0.4, -0.2) is 0 Å². The van der Waals surface area contributed by atoms with Crippen molar-refractivity contribution in [2.45, 2.75) is 77.3 Å². The second-order valence-corrected chi connectivity index (χ2v) is 10.0. The van der Waals surface area contributed by atoms with E-state index >= 15 is 4.39 Å². The van der Waals surface area contributed by atoms with Crippen LogP contribution in [0.25, 0.3) is 10.8 Å². The van der Waals surface area contributed by atoms with Gasteiger partial charge in [-0.1, -0.05) is 87.9 Å². The Morgan fingerprint density at radius 3 is 2.03 bits per heavy atom. The Balaban J connectivity index is 1.35. The van der Waals surface area contributed by atoms with Gasteiger partial charge in [0, 0.05) is 5.39 Å². The summed E-state index contributed by atoms with van der Waals surface area (Å²) in [6.07, 6.45) is 6.95. The Kier molecular flexibility index (Phi) is 7.95. The molecule has 1 aliphatic carbocycles. The molecular formula is C30H34F4. The Morgan fingerprint density at radius 2 is 1.38 bits per heavy atom. The first-order valence-corrected chi connectivity index (χ1v) is 12.7. The Morgan fingerprint density at radius 1 is 0.735 bits per heavy atom. The second kappa shape index (κ2) is 10.9. The average molecular weight is 471 g/mol. The highest BCUT2D eigenvalue weighted by Crippen LogP contribution is 2.34. The zero-order valence-electron chi connectivity index (χ0n) is 19.9. The lowest BCUT2D eigenvalue weighted by Gasteiger charge is -2.28. The van der Waals surface area contributed by atoms with Gasteiger partial charge in [0.15, 0.2) is 0 Å². The third-order valence-electron chi connectivity index (χ3n) is 7.57. The Bertz CT molecular complexity index is 1070. The van der Waals surface area contributed by atoms with E-state index < -0.39 is 11.7 Å². The number of hydrogen-bond donors (Lipinski definition) is 0. The number of aryl methyl sites for hydroxylation is 3. The van der Waals surface area contributed by atoms with Crippen molar-refractivity contribution in [1.82, 2.24) is 0 Å². The number of rotatable bonds is 8. The molecule has 3 aromatic rings. The molecule has 0 spiro atoms. The van der Waals surface area contributed by atoms with Crippen LogP contribution in [0.3, 0.4) is 0 Å². The normalized spacial score (nSPS) is 19.0. The molecule has 0 heterocycles. The molecule has 0 aromatic heterocycles. The summed E-state index contributed by atoms with van der Waals surface area (Å²) < 4.78 is 53.4. The number of fused-ring (bicyclic) bond motifs is 1. The van der Waals surface area contributed by atoms with Gasteiger partial charge >= 0.3 is 6.18 Å². The molecule has 0 atom stereocenters. The van der Waals surface area contributed by atoms with Gasteiger partial charge in [0.1, 0.15) is 5.82 Å². The number of alkyl halides is 3. The minimum absolute atomic E-state index is 0.217. The van der Waals surface area contributed by atoms with Gasteiger partial charge in [0.25, 0.3) is 0 Å². The van der Waals surface area contributed by atoms with Crippen LogP contribution < -0.4 is 0 Å². The van der Waals surface area contributed by atoms with Crippen molar-refractivity contribution < 1.29 is 17.6 Å². The van der Waals surface area contributed by atoms with Crippen LogP contribution in [0.1, 0.15) is 74.1 Å². The monoisotopic (exact) mass is 470 g/mol. The average Bonchev–Trinajstić information content (AvgIpc) is 2.83. The highest BCUT2D eigenvalue weighted by atomic mass is 19.4. The SMILES string of the molecule is CCCC1CCC(CCc2ccc3c(F)c(CCc4ccc(C(F)(F)F)cc4)ccc3c2)CC1. The van der Waals surface area contributed by atoms with Crippen molar-refractivity contribution in [3.63, 3.8) is 0 Å². The van der Waals surface area contributed by atoms with Crippen LogP contribution in [0.5, 0.6) is 0 Å². The van der Waals surface area contributed by atoms with E-state index in [1.165, 1.54) is 62.6 Å². The van der Waals surface area contributed by atoms with Crippen molar-refractivity contribution in [3.8, 4) is 0 Å². The third-order valence-corrected chi connectivity index (χ3v) is 7.57. The smallest absolute Gasteiger partial charge is 0.206 e. The molecule has 0 N–H and O–H groups in total. The fourth-order valence-corrected chi connectivity index (χ4v) is 5.46. The lowest BCUT2D eigenvalue weighted by Crippen LogP contribution is -2.15. The second-order valence-electron chi connectivity index (χ2n) is 10.0. The third kappa shape index (κ3) is 6.20. The highest BCUT2D eigenvalue weighted by molar-refractivity contribution is 5.84. The number of halogens is 4. The summed E-state index contributed by atoms with van der Waals surface area (Å²) in [4.78, 5) is 0. The molecule has 4 heteroatoms. The number of hydrogen-bond acceptors (Lipinski definition) is 0. The van der Waals surface area contributed by atoms with Gasteiger partial charge in [-0.15, -0.1) is 0 Å². The van der Waals surface area contributed by atoms with Crippen molar-refractivity contribution in [2.75, 3.05) is 0 Å². The quantitative estimate of drug-likeness (QED) is 0.288. The van der Waals surface area contributed by atoms with E-state index in [1.807, 2.05) is 24.3 Å². The molecule has 1 saturated carbocycles. The predicted molar refractivity (Wildman–Crippen MR) is 131 cm³/mol. The van der Waals surface area contributed by atoms with E-state index in [2.05, 4.69) is 13.0 Å². The molecule has 1 fully saturated rings. The van der Waals surface area contributed by atoms with Gasteiger partial charge in [-0.05, 0) is 71.7 Å². The zero-order valence-corrected chi connectivity index (χ0v) is 19.9. The standard InChI is InChI=1S/C30H34F4/c1-2-3-21-4-6-22(7-5-21)8-9-24-13-19-28-26(20-24)16-15-25(29(28)31)14-10-23-11-17-27(18-12-23)30(32,33)34/h11-13,15-22H,2-10,14H2,1H3. The lowest BCUT2D eigenvalue weighted by molar-refractivity contribution is -0.137. The summed E-state index contributed by atoms with van der Waals surface area (Å²) in [6, 6.07) is 15.0. The summed E-state index contributed by atoms with van der Waals surface area (Å²) in [7, 11) is 0. The maximum atomic E-state index is 15.2. The van der Waals surface area contributed by atoms with Crippen LogP contribution in [-0.2, 0) is 25.4 Å². The first-order valence-electron chi connectivity index (χ1n) is 12.7. The molecule has 0 nitrogen and oxygen atoms in total. The number of benzene rings is 3. The largest absolute Gasteiger partial charge is 0.416 e. The van der Waals surface area contributed by atoms with Gasteiger partial charge in [-0.25, -0.2) is 4.39 Å².